The van der Waals surface area contributed by atoms with Gasteiger partial charge in [0.15, 0.2) is 0 Å². The normalized spacial score (nSPS) is 19.6. The number of rotatable bonds is 5. The second-order valence-corrected chi connectivity index (χ2v) is 6.17. The third-order valence-electron chi connectivity index (χ3n) is 4.36. The largest absolute Gasteiger partial charge is 0.354 e. The molecule has 5 nitrogen and oxygen atoms in total. The zero-order valence-corrected chi connectivity index (χ0v) is 12.7. The molecule has 1 amide bonds. The van der Waals surface area contributed by atoms with Crippen LogP contribution in [0, 0.1) is 5.92 Å². The first-order valence-electron chi connectivity index (χ1n) is 7.84. The van der Waals surface area contributed by atoms with Crippen LogP contribution in [0.3, 0.4) is 0 Å². The molecule has 0 spiro atoms. The lowest BCUT2D eigenvalue weighted by molar-refractivity contribution is -0.131. The summed E-state index contributed by atoms with van der Waals surface area (Å²) in [4.78, 5) is 23.0. The highest BCUT2D eigenvalue weighted by Crippen LogP contribution is 2.29. The van der Waals surface area contributed by atoms with Crippen molar-refractivity contribution >= 4 is 11.7 Å². The Labute approximate surface area is 126 Å². The van der Waals surface area contributed by atoms with Crippen LogP contribution in [0.25, 0.3) is 0 Å². The second kappa shape index (κ2) is 6.43. The highest BCUT2D eigenvalue weighted by molar-refractivity contribution is 5.78. The summed E-state index contributed by atoms with van der Waals surface area (Å²) in [5.74, 6) is 2.06. The van der Waals surface area contributed by atoms with Crippen LogP contribution in [-0.4, -0.2) is 67.0 Å². The van der Waals surface area contributed by atoms with Crippen molar-refractivity contribution in [3.63, 3.8) is 0 Å². The molecule has 114 valence electrons. The number of carbonyl (C=O) groups excluding carboxylic acids is 1. The fourth-order valence-electron chi connectivity index (χ4n) is 2.78. The average Bonchev–Trinajstić information content (AvgIpc) is 3.33. The lowest BCUT2D eigenvalue weighted by atomic mass is 10.3. The maximum Gasteiger partial charge on any atom is 0.236 e. The van der Waals surface area contributed by atoms with Crippen LogP contribution in [0.1, 0.15) is 12.8 Å². The maximum atomic E-state index is 12.2. The number of carbonyl (C=O) groups is 1. The number of pyridine rings is 1. The molecule has 0 aromatic carbocycles. The van der Waals surface area contributed by atoms with Crippen molar-refractivity contribution in [3.05, 3.63) is 24.4 Å². The van der Waals surface area contributed by atoms with E-state index in [4.69, 9.17) is 0 Å². The summed E-state index contributed by atoms with van der Waals surface area (Å²) in [6, 6.07) is 6.00. The van der Waals surface area contributed by atoms with E-state index in [2.05, 4.69) is 14.8 Å². The quantitative estimate of drug-likeness (QED) is 0.812. The molecule has 1 saturated heterocycles. The Balaban J connectivity index is 1.44. The van der Waals surface area contributed by atoms with Crippen molar-refractivity contribution in [2.75, 3.05) is 51.2 Å². The molecular formula is C16H24N4O. The van der Waals surface area contributed by atoms with Gasteiger partial charge in [0.2, 0.25) is 5.91 Å². The zero-order chi connectivity index (χ0) is 14.7. The van der Waals surface area contributed by atoms with Gasteiger partial charge in [-0.1, -0.05) is 6.07 Å². The van der Waals surface area contributed by atoms with Gasteiger partial charge in [-0.15, -0.1) is 0 Å². The van der Waals surface area contributed by atoms with Gasteiger partial charge in [0.25, 0.3) is 0 Å². The van der Waals surface area contributed by atoms with Crippen LogP contribution < -0.4 is 4.90 Å². The van der Waals surface area contributed by atoms with Crippen molar-refractivity contribution in [2.45, 2.75) is 12.8 Å². The van der Waals surface area contributed by atoms with Gasteiger partial charge < -0.3 is 9.80 Å². The minimum atomic E-state index is 0.258. The highest BCUT2D eigenvalue weighted by Gasteiger charge is 2.26. The molecule has 0 N–H and O–H groups in total. The van der Waals surface area contributed by atoms with Gasteiger partial charge in [0, 0.05) is 46.0 Å². The van der Waals surface area contributed by atoms with E-state index in [0.717, 1.165) is 44.5 Å². The minimum absolute atomic E-state index is 0.258. The Hall–Kier alpha value is -1.62. The number of piperazine rings is 1. The molecule has 2 fully saturated rings. The molecule has 21 heavy (non-hydrogen) atoms. The molecule has 1 aliphatic heterocycles. The van der Waals surface area contributed by atoms with E-state index in [0.29, 0.717) is 6.54 Å². The monoisotopic (exact) mass is 288 g/mol. The molecule has 0 radical (unpaired) electrons. The van der Waals surface area contributed by atoms with Crippen LogP contribution in [0.4, 0.5) is 5.82 Å². The molecule has 0 bridgehead atoms. The molecule has 3 rings (SSSR count). The van der Waals surface area contributed by atoms with Gasteiger partial charge in [-0.05, 0) is 30.9 Å². The van der Waals surface area contributed by atoms with Gasteiger partial charge in [-0.25, -0.2) is 4.98 Å². The summed E-state index contributed by atoms with van der Waals surface area (Å²) in [5.41, 5.74) is 0. The van der Waals surface area contributed by atoms with Gasteiger partial charge in [-0.2, -0.15) is 0 Å². The van der Waals surface area contributed by atoms with Crippen molar-refractivity contribution in [3.8, 4) is 0 Å². The first-order valence-corrected chi connectivity index (χ1v) is 7.84. The van der Waals surface area contributed by atoms with Gasteiger partial charge in [0.05, 0.1) is 6.54 Å². The van der Waals surface area contributed by atoms with Gasteiger partial charge in [-0.3, -0.25) is 9.69 Å². The summed E-state index contributed by atoms with van der Waals surface area (Å²) >= 11 is 0. The molecule has 0 unspecified atom stereocenters. The topological polar surface area (TPSA) is 39.7 Å². The predicted octanol–water partition coefficient (Wildman–Crippen LogP) is 1.07. The Bertz CT molecular complexity index is 466. The van der Waals surface area contributed by atoms with E-state index < -0.39 is 0 Å². The smallest absolute Gasteiger partial charge is 0.236 e. The molecule has 1 aromatic heterocycles. The molecule has 1 aromatic rings. The summed E-state index contributed by atoms with van der Waals surface area (Å²) < 4.78 is 0. The highest BCUT2D eigenvalue weighted by atomic mass is 16.2. The van der Waals surface area contributed by atoms with Crippen LogP contribution in [0.2, 0.25) is 0 Å². The number of anilines is 1. The molecule has 1 saturated carbocycles. The van der Waals surface area contributed by atoms with Crippen molar-refractivity contribution in [1.82, 2.24) is 14.8 Å². The molecule has 0 atom stereocenters. The minimum Gasteiger partial charge on any atom is -0.354 e. The number of nitrogens with zero attached hydrogens (tertiary/aromatic N) is 4. The Kier molecular flexibility index (Phi) is 4.39. The lowest BCUT2D eigenvalue weighted by Crippen LogP contribution is -2.50. The van der Waals surface area contributed by atoms with E-state index in [1.807, 2.05) is 36.3 Å². The maximum absolute atomic E-state index is 12.2. The SMILES string of the molecule is CN(CC1CC1)C(=O)CN1CCN(c2ccccn2)CC1. The number of hydrogen-bond acceptors (Lipinski definition) is 4. The number of amides is 1. The molecule has 2 aliphatic rings. The van der Waals surface area contributed by atoms with Crippen LogP contribution in [0.5, 0.6) is 0 Å². The molecule has 5 heteroatoms. The first-order chi connectivity index (χ1) is 10.2. The van der Waals surface area contributed by atoms with Crippen LogP contribution in [-0.2, 0) is 4.79 Å². The number of aromatic nitrogens is 1. The van der Waals surface area contributed by atoms with E-state index in [1.165, 1.54) is 12.8 Å². The summed E-state index contributed by atoms with van der Waals surface area (Å²) in [6.45, 7) is 5.23. The Morgan fingerprint density at radius 3 is 2.67 bits per heavy atom. The summed E-state index contributed by atoms with van der Waals surface area (Å²) in [7, 11) is 1.94. The van der Waals surface area contributed by atoms with Gasteiger partial charge in [0.1, 0.15) is 5.82 Å². The Morgan fingerprint density at radius 2 is 2.05 bits per heavy atom. The zero-order valence-electron chi connectivity index (χ0n) is 12.7. The summed E-state index contributed by atoms with van der Waals surface area (Å²) in [6.07, 6.45) is 4.42. The molecule has 1 aliphatic carbocycles. The third-order valence-corrected chi connectivity index (χ3v) is 4.36. The fraction of sp³-hybridized carbons (Fsp3) is 0.625. The first kappa shape index (κ1) is 14.3. The lowest BCUT2D eigenvalue weighted by Gasteiger charge is -2.35. The Morgan fingerprint density at radius 1 is 1.29 bits per heavy atom. The standard InChI is InChI=1S/C16H24N4O/c1-18(12-14-5-6-14)16(21)13-19-8-10-20(11-9-19)15-4-2-3-7-17-15/h2-4,7,14H,5-6,8-13H2,1H3. The summed E-state index contributed by atoms with van der Waals surface area (Å²) in [5, 5.41) is 0. The predicted molar refractivity (Wildman–Crippen MR) is 83.3 cm³/mol. The molecular weight excluding hydrogens is 264 g/mol. The van der Waals surface area contributed by atoms with Crippen LogP contribution >= 0.6 is 0 Å². The van der Waals surface area contributed by atoms with Crippen molar-refractivity contribution in [2.24, 2.45) is 5.92 Å². The number of likely N-dealkylation sites (N-methyl/N-ethyl adjacent to an activating group) is 1. The van der Waals surface area contributed by atoms with E-state index in [-0.39, 0.29) is 5.91 Å². The second-order valence-electron chi connectivity index (χ2n) is 6.17. The van der Waals surface area contributed by atoms with Gasteiger partial charge >= 0.3 is 0 Å². The number of hydrogen-bond donors (Lipinski definition) is 0. The van der Waals surface area contributed by atoms with E-state index in [9.17, 15) is 4.79 Å². The van der Waals surface area contributed by atoms with E-state index in [1.54, 1.807) is 0 Å². The van der Waals surface area contributed by atoms with E-state index >= 15 is 0 Å². The van der Waals surface area contributed by atoms with Crippen molar-refractivity contribution < 1.29 is 4.79 Å². The van der Waals surface area contributed by atoms with Crippen LogP contribution in [0.15, 0.2) is 24.4 Å². The fourth-order valence-corrected chi connectivity index (χ4v) is 2.78. The third kappa shape index (κ3) is 3.94. The molecule has 2 heterocycles. The van der Waals surface area contributed by atoms with Crippen molar-refractivity contribution in [1.29, 1.82) is 0 Å². The average molecular weight is 288 g/mol.